The Balaban J connectivity index is 1.40. The molecule has 8 nitrogen and oxygen atoms in total. The average molecular weight is 399 g/mol. The third kappa shape index (κ3) is 3.71. The Morgan fingerprint density at radius 1 is 1.14 bits per heavy atom. The van der Waals surface area contributed by atoms with Gasteiger partial charge in [-0.1, -0.05) is 6.07 Å². The number of H-pyrrole nitrogens is 1. The van der Waals surface area contributed by atoms with E-state index in [4.69, 9.17) is 4.74 Å². The van der Waals surface area contributed by atoms with E-state index < -0.39 is 11.8 Å². The van der Waals surface area contributed by atoms with Gasteiger partial charge in [-0.25, -0.2) is 4.98 Å². The van der Waals surface area contributed by atoms with Gasteiger partial charge in [-0.15, -0.1) is 11.3 Å². The molecular formula is C19H21N5O3S. The number of carbonyl (C=O) groups excluding carboxylic acids is 2. The van der Waals surface area contributed by atoms with E-state index in [9.17, 15) is 9.59 Å². The highest BCUT2D eigenvalue weighted by Crippen LogP contribution is 2.22. The standard InChI is InChI=1S/C19H21N5O3S/c1-11-7-12(2)13-9-15(20-14(13)8-11)17(25)22-23-18(26)16-10-28-19(21-16)24-3-5-27-6-4-24/h7-10,20H,3-6H2,1-2H3,(H,22,25)(H,23,26). The molecule has 2 amide bonds. The van der Waals surface area contributed by atoms with Crippen molar-refractivity contribution in [2.45, 2.75) is 13.8 Å². The number of hydrogen-bond donors (Lipinski definition) is 3. The molecule has 1 aliphatic rings. The molecule has 1 fully saturated rings. The number of fused-ring (bicyclic) bond motifs is 1. The minimum absolute atomic E-state index is 0.273. The number of benzene rings is 1. The maximum Gasteiger partial charge on any atom is 0.289 e. The molecular weight excluding hydrogens is 378 g/mol. The Labute approximate surface area is 165 Å². The lowest BCUT2D eigenvalue weighted by molar-refractivity contribution is 0.0842. The number of thiazole rings is 1. The first-order valence-corrected chi connectivity index (χ1v) is 9.88. The lowest BCUT2D eigenvalue weighted by atomic mass is 10.1. The second kappa shape index (κ2) is 7.61. The van der Waals surface area contributed by atoms with Crippen LogP contribution in [0.2, 0.25) is 0 Å². The van der Waals surface area contributed by atoms with Crippen molar-refractivity contribution >= 4 is 39.2 Å². The number of nitrogens with one attached hydrogen (secondary N) is 3. The summed E-state index contributed by atoms with van der Waals surface area (Å²) in [7, 11) is 0. The second-order valence-corrected chi connectivity index (χ2v) is 7.59. The van der Waals surface area contributed by atoms with E-state index in [0.29, 0.717) is 18.9 Å². The van der Waals surface area contributed by atoms with Gasteiger partial charge in [0.15, 0.2) is 5.13 Å². The second-order valence-electron chi connectivity index (χ2n) is 6.75. The normalized spacial score (nSPS) is 14.3. The van der Waals surface area contributed by atoms with Gasteiger partial charge in [0.1, 0.15) is 11.4 Å². The summed E-state index contributed by atoms with van der Waals surface area (Å²) in [6, 6.07) is 5.83. The smallest absolute Gasteiger partial charge is 0.289 e. The monoisotopic (exact) mass is 399 g/mol. The lowest BCUT2D eigenvalue weighted by Gasteiger charge is -2.25. The van der Waals surface area contributed by atoms with Crippen molar-refractivity contribution in [3.8, 4) is 0 Å². The zero-order valence-electron chi connectivity index (χ0n) is 15.7. The van der Waals surface area contributed by atoms with Gasteiger partial charge in [-0.3, -0.25) is 20.4 Å². The molecule has 1 saturated heterocycles. The van der Waals surface area contributed by atoms with Crippen LogP contribution in [-0.2, 0) is 4.74 Å². The number of aromatic nitrogens is 2. The van der Waals surface area contributed by atoms with Gasteiger partial charge >= 0.3 is 0 Å². The number of hydrazine groups is 1. The summed E-state index contributed by atoms with van der Waals surface area (Å²) in [6.45, 7) is 6.82. The van der Waals surface area contributed by atoms with Gasteiger partial charge in [0, 0.05) is 29.4 Å². The first-order chi connectivity index (χ1) is 13.5. The summed E-state index contributed by atoms with van der Waals surface area (Å²) < 4.78 is 5.32. The predicted octanol–water partition coefficient (Wildman–Crippen LogP) is 2.15. The summed E-state index contributed by atoms with van der Waals surface area (Å²) >= 11 is 1.40. The third-order valence-electron chi connectivity index (χ3n) is 4.63. The first kappa shape index (κ1) is 18.5. The Morgan fingerprint density at radius 3 is 2.68 bits per heavy atom. The van der Waals surface area contributed by atoms with Crippen molar-refractivity contribution in [3.63, 3.8) is 0 Å². The van der Waals surface area contributed by atoms with Crippen LogP contribution in [0.15, 0.2) is 23.6 Å². The Kier molecular flexibility index (Phi) is 5.01. The van der Waals surface area contributed by atoms with E-state index in [2.05, 4.69) is 31.8 Å². The van der Waals surface area contributed by atoms with Gasteiger partial charge in [0.2, 0.25) is 0 Å². The molecule has 3 heterocycles. The van der Waals surface area contributed by atoms with E-state index >= 15 is 0 Å². The number of anilines is 1. The number of carbonyl (C=O) groups is 2. The van der Waals surface area contributed by atoms with Crippen LogP contribution in [-0.4, -0.2) is 48.1 Å². The summed E-state index contributed by atoms with van der Waals surface area (Å²) in [5.41, 5.74) is 8.63. The van der Waals surface area contributed by atoms with Gasteiger partial charge in [0.05, 0.1) is 13.2 Å². The van der Waals surface area contributed by atoms with E-state index in [0.717, 1.165) is 40.3 Å². The van der Waals surface area contributed by atoms with Crippen LogP contribution >= 0.6 is 11.3 Å². The largest absolute Gasteiger partial charge is 0.378 e. The molecule has 28 heavy (non-hydrogen) atoms. The summed E-state index contributed by atoms with van der Waals surface area (Å²) in [4.78, 5) is 34.2. The maximum atomic E-state index is 12.4. The minimum atomic E-state index is -0.452. The Bertz CT molecular complexity index is 1040. The van der Waals surface area contributed by atoms with Gasteiger partial charge in [-0.05, 0) is 37.1 Å². The molecule has 3 aromatic rings. The van der Waals surface area contributed by atoms with Crippen LogP contribution in [0.3, 0.4) is 0 Å². The van der Waals surface area contributed by atoms with Crippen LogP contribution in [0.4, 0.5) is 5.13 Å². The van der Waals surface area contributed by atoms with Crippen molar-refractivity contribution in [2.75, 3.05) is 31.2 Å². The summed E-state index contributed by atoms with van der Waals surface area (Å²) in [6.07, 6.45) is 0. The van der Waals surface area contributed by atoms with Gasteiger partial charge < -0.3 is 14.6 Å². The zero-order valence-corrected chi connectivity index (χ0v) is 16.5. The number of aromatic amines is 1. The fourth-order valence-electron chi connectivity index (χ4n) is 3.23. The molecule has 3 N–H and O–H groups in total. The zero-order chi connectivity index (χ0) is 19.7. The van der Waals surface area contributed by atoms with Crippen LogP contribution in [0.1, 0.15) is 32.1 Å². The molecule has 1 aromatic carbocycles. The number of aryl methyl sites for hydroxylation is 2. The number of ether oxygens (including phenoxy) is 1. The predicted molar refractivity (Wildman–Crippen MR) is 108 cm³/mol. The average Bonchev–Trinajstić information content (AvgIpc) is 3.34. The van der Waals surface area contributed by atoms with Crippen LogP contribution in [0, 0.1) is 13.8 Å². The molecule has 4 rings (SSSR count). The number of amides is 2. The molecule has 1 aliphatic heterocycles. The minimum Gasteiger partial charge on any atom is -0.378 e. The van der Waals surface area contributed by atoms with E-state index in [-0.39, 0.29) is 5.69 Å². The third-order valence-corrected chi connectivity index (χ3v) is 5.53. The highest BCUT2D eigenvalue weighted by Gasteiger charge is 2.18. The van der Waals surface area contributed by atoms with Gasteiger partial charge in [0.25, 0.3) is 11.8 Å². The molecule has 0 radical (unpaired) electrons. The summed E-state index contributed by atoms with van der Waals surface area (Å²) in [5.74, 6) is -0.863. The fraction of sp³-hybridized carbons (Fsp3) is 0.316. The molecule has 146 valence electrons. The summed E-state index contributed by atoms with van der Waals surface area (Å²) in [5, 5.41) is 3.44. The number of morpholine rings is 1. The Morgan fingerprint density at radius 2 is 1.89 bits per heavy atom. The topological polar surface area (TPSA) is 99.3 Å². The highest BCUT2D eigenvalue weighted by molar-refractivity contribution is 7.13. The molecule has 0 unspecified atom stereocenters. The van der Waals surface area contributed by atoms with Crippen molar-refractivity contribution in [3.05, 3.63) is 46.1 Å². The highest BCUT2D eigenvalue weighted by atomic mass is 32.1. The van der Waals surface area contributed by atoms with Crippen molar-refractivity contribution < 1.29 is 14.3 Å². The first-order valence-electron chi connectivity index (χ1n) is 9.00. The van der Waals surface area contributed by atoms with Crippen LogP contribution in [0.25, 0.3) is 10.9 Å². The van der Waals surface area contributed by atoms with Crippen LogP contribution < -0.4 is 15.8 Å². The van der Waals surface area contributed by atoms with Crippen molar-refractivity contribution in [2.24, 2.45) is 0 Å². The van der Waals surface area contributed by atoms with E-state index in [1.165, 1.54) is 11.3 Å². The SMILES string of the molecule is Cc1cc(C)c2cc(C(=O)NNC(=O)c3csc(N4CCOCC4)n3)[nH]c2c1. The molecule has 2 aromatic heterocycles. The van der Waals surface area contributed by atoms with Gasteiger partial charge in [-0.2, -0.15) is 0 Å². The molecule has 0 spiro atoms. The lowest BCUT2D eigenvalue weighted by Crippen LogP contribution is -2.42. The van der Waals surface area contributed by atoms with Crippen molar-refractivity contribution in [1.82, 2.24) is 20.8 Å². The van der Waals surface area contributed by atoms with E-state index in [1.54, 1.807) is 11.4 Å². The molecule has 0 saturated carbocycles. The maximum absolute atomic E-state index is 12.4. The molecule has 9 heteroatoms. The Hall–Kier alpha value is -2.91. The molecule has 0 aliphatic carbocycles. The molecule has 0 bridgehead atoms. The number of rotatable bonds is 3. The van der Waals surface area contributed by atoms with Crippen LogP contribution in [0.5, 0.6) is 0 Å². The number of nitrogens with zero attached hydrogens (tertiary/aromatic N) is 2. The fourth-order valence-corrected chi connectivity index (χ4v) is 4.09. The van der Waals surface area contributed by atoms with E-state index in [1.807, 2.05) is 19.9 Å². The molecule has 0 atom stereocenters. The van der Waals surface area contributed by atoms with Crippen molar-refractivity contribution in [1.29, 1.82) is 0 Å². The number of hydrogen-bond acceptors (Lipinski definition) is 6. The quantitative estimate of drug-likeness (QED) is 0.586.